The zero-order valence-electron chi connectivity index (χ0n) is 7.28. The number of esters is 1. The van der Waals surface area contributed by atoms with Gasteiger partial charge >= 0.3 is 5.97 Å². The molecule has 0 saturated carbocycles. The van der Waals surface area contributed by atoms with E-state index < -0.39 is 5.97 Å². The van der Waals surface area contributed by atoms with Gasteiger partial charge in [-0.25, -0.2) is 4.79 Å². The molecule has 1 aromatic carbocycles. The first-order chi connectivity index (χ1) is 6.69. The summed E-state index contributed by atoms with van der Waals surface area (Å²) in [6, 6.07) is 4.63. The summed E-state index contributed by atoms with van der Waals surface area (Å²) >= 11 is 10.2. The van der Waals surface area contributed by atoms with Gasteiger partial charge in [0.05, 0.1) is 23.5 Å². The summed E-state index contributed by atoms with van der Waals surface area (Å²) in [6.07, 6.45) is 0. The van der Waals surface area contributed by atoms with Crippen molar-refractivity contribution in [3.05, 3.63) is 28.8 Å². The summed E-state index contributed by atoms with van der Waals surface area (Å²) in [7, 11) is 1.29. The average molecular weight is 228 g/mol. The Balaban J connectivity index is 3.28. The number of nitrogens with zero attached hydrogens (tertiary/aromatic N) is 1. The molecule has 0 unspecified atom stereocenters. The zero-order chi connectivity index (χ0) is 10.6. The van der Waals surface area contributed by atoms with E-state index in [0.717, 1.165) is 0 Å². The topological polar surface area (TPSA) is 38.7 Å². The fourth-order valence-corrected chi connectivity index (χ4v) is 1.19. The van der Waals surface area contributed by atoms with Crippen molar-refractivity contribution in [3.8, 4) is 0 Å². The number of methoxy groups -OCH3 is 1. The highest BCUT2D eigenvalue weighted by Gasteiger charge is 2.11. The standard InChI is InChI=1S/C9H6ClNO2S/c1-13-9(12)7-3-2-6(10)4-8(7)11-5-14/h2-4H,1H3. The number of hydrogen-bond acceptors (Lipinski definition) is 4. The van der Waals surface area contributed by atoms with Gasteiger partial charge in [-0.15, -0.1) is 0 Å². The number of hydrogen-bond donors (Lipinski definition) is 0. The molecule has 0 atom stereocenters. The Labute approximate surface area is 91.4 Å². The normalized spacial score (nSPS) is 9.00. The number of benzene rings is 1. The van der Waals surface area contributed by atoms with Crippen molar-refractivity contribution < 1.29 is 9.53 Å². The van der Waals surface area contributed by atoms with Gasteiger partial charge in [0.15, 0.2) is 0 Å². The third-order valence-electron chi connectivity index (χ3n) is 1.53. The van der Waals surface area contributed by atoms with Crippen molar-refractivity contribution in [1.82, 2.24) is 0 Å². The number of rotatable bonds is 2. The van der Waals surface area contributed by atoms with Crippen LogP contribution in [0.2, 0.25) is 5.02 Å². The van der Waals surface area contributed by atoms with E-state index in [2.05, 4.69) is 27.1 Å². The molecule has 0 bridgehead atoms. The summed E-state index contributed by atoms with van der Waals surface area (Å²) in [5.41, 5.74) is 0.675. The van der Waals surface area contributed by atoms with E-state index in [-0.39, 0.29) is 0 Å². The molecule has 1 aromatic rings. The van der Waals surface area contributed by atoms with Gasteiger partial charge in [-0.3, -0.25) is 0 Å². The molecule has 0 aliphatic heterocycles. The van der Waals surface area contributed by atoms with Crippen LogP contribution in [0.3, 0.4) is 0 Å². The Morgan fingerprint density at radius 2 is 2.36 bits per heavy atom. The van der Waals surface area contributed by atoms with Gasteiger partial charge in [0, 0.05) is 5.02 Å². The predicted octanol–water partition coefficient (Wildman–Crippen LogP) is 2.86. The van der Waals surface area contributed by atoms with E-state index in [1.165, 1.54) is 19.2 Å². The van der Waals surface area contributed by atoms with Gasteiger partial charge in [-0.1, -0.05) is 11.6 Å². The third kappa shape index (κ3) is 2.39. The summed E-state index contributed by atoms with van der Waals surface area (Å²) in [5, 5.41) is 2.65. The molecule has 0 fully saturated rings. The Morgan fingerprint density at radius 1 is 1.64 bits per heavy atom. The second kappa shape index (κ2) is 4.86. The number of aliphatic imine (C=N–C) groups is 1. The number of isothiocyanates is 1. The molecule has 72 valence electrons. The van der Waals surface area contributed by atoms with Crippen LogP contribution in [0.1, 0.15) is 10.4 Å². The summed E-state index contributed by atoms with van der Waals surface area (Å²) < 4.78 is 4.56. The van der Waals surface area contributed by atoms with Crippen molar-refractivity contribution in [2.24, 2.45) is 4.99 Å². The molecule has 0 aliphatic carbocycles. The van der Waals surface area contributed by atoms with Gasteiger partial charge in [-0.2, -0.15) is 4.99 Å². The molecule has 0 radical (unpaired) electrons. The van der Waals surface area contributed by atoms with Crippen molar-refractivity contribution in [2.75, 3.05) is 7.11 Å². The number of halogens is 1. The lowest BCUT2D eigenvalue weighted by Crippen LogP contribution is -2.01. The maximum Gasteiger partial charge on any atom is 0.340 e. The van der Waals surface area contributed by atoms with Gasteiger partial charge < -0.3 is 4.74 Å². The highest BCUT2D eigenvalue weighted by molar-refractivity contribution is 7.78. The molecule has 0 aromatic heterocycles. The molecule has 0 N–H and O–H groups in total. The van der Waals surface area contributed by atoms with Crippen LogP contribution in [0.5, 0.6) is 0 Å². The Kier molecular flexibility index (Phi) is 3.77. The van der Waals surface area contributed by atoms with Crippen LogP contribution in [0.25, 0.3) is 0 Å². The first-order valence-electron chi connectivity index (χ1n) is 3.64. The number of ether oxygens (including phenoxy) is 1. The van der Waals surface area contributed by atoms with Crippen molar-refractivity contribution in [2.45, 2.75) is 0 Å². The highest BCUT2D eigenvalue weighted by Crippen LogP contribution is 2.23. The molecular weight excluding hydrogens is 222 g/mol. The van der Waals surface area contributed by atoms with Crippen molar-refractivity contribution >= 4 is 40.6 Å². The number of carbonyl (C=O) groups excluding carboxylic acids is 1. The maximum absolute atomic E-state index is 11.2. The number of carbonyl (C=O) groups is 1. The van der Waals surface area contributed by atoms with Gasteiger partial charge in [0.2, 0.25) is 0 Å². The fourth-order valence-electron chi connectivity index (χ4n) is 0.929. The minimum absolute atomic E-state index is 0.314. The zero-order valence-corrected chi connectivity index (χ0v) is 8.85. The Bertz CT molecular complexity index is 413. The molecule has 0 spiro atoms. The second-order valence-electron chi connectivity index (χ2n) is 2.36. The summed E-state index contributed by atoms with van der Waals surface area (Å²) in [5.74, 6) is -0.481. The van der Waals surface area contributed by atoms with E-state index in [4.69, 9.17) is 11.6 Å². The van der Waals surface area contributed by atoms with E-state index in [1.807, 2.05) is 0 Å². The molecule has 0 aliphatic rings. The van der Waals surface area contributed by atoms with Crippen LogP contribution < -0.4 is 0 Å². The van der Waals surface area contributed by atoms with E-state index in [0.29, 0.717) is 16.3 Å². The van der Waals surface area contributed by atoms with Gasteiger partial charge in [0.1, 0.15) is 0 Å². The van der Waals surface area contributed by atoms with Crippen LogP contribution >= 0.6 is 23.8 Å². The molecule has 0 heterocycles. The maximum atomic E-state index is 11.2. The molecule has 5 heteroatoms. The number of thiocarbonyl (C=S) groups is 1. The monoisotopic (exact) mass is 227 g/mol. The van der Waals surface area contributed by atoms with Gasteiger partial charge in [-0.05, 0) is 30.4 Å². The first-order valence-corrected chi connectivity index (χ1v) is 4.43. The van der Waals surface area contributed by atoms with Crippen LogP contribution in [0.15, 0.2) is 23.2 Å². The van der Waals surface area contributed by atoms with Crippen molar-refractivity contribution in [1.29, 1.82) is 0 Å². The molecule has 0 saturated heterocycles. The van der Waals surface area contributed by atoms with E-state index in [9.17, 15) is 4.79 Å². The van der Waals surface area contributed by atoms with Gasteiger partial charge in [0.25, 0.3) is 0 Å². The lowest BCUT2D eigenvalue weighted by Gasteiger charge is -2.02. The van der Waals surface area contributed by atoms with Crippen molar-refractivity contribution in [3.63, 3.8) is 0 Å². The second-order valence-corrected chi connectivity index (χ2v) is 2.98. The summed E-state index contributed by atoms with van der Waals surface area (Å²) in [4.78, 5) is 14.9. The predicted molar refractivity (Wildman–Crippen MR) is 57.5 cm³/mol. The molecule has 0 amide bonds. The highest BCUT2D eigenvalue weighted by atomic mass is 35.5. The largest absolute Gasteiger partial charge is 0.465 e. The lowest BCUT2D eigenvalue weighted by molar-refractivity contribution is 0.0602. The summed E-state index contributed by atoms with van der Waals surface area (Å²) in [6.45, 7) is 0. The quantitative estimate of drug-likeness (QED) is 0.443. The fraction of sp³-hybridized carbons (Fsp3) is 0.111. The van der Waals surface area contributed by atoms with Crippen LogP contribution in [0, 0.1) is 0 Å². The van der Waals surface area contributed by atoms with E-state index >= 15 is 0 Å². The minimum Gasteiger partial charge on any atom is -0.465 e. The minimum atomic E-state index is -0.481. The SMILES string of the molecule is COC(=O)c1ccc(Cl)cc1N=C=S. The van der Waals surface area contributed by atoms with Crippen LogP contribution in [-0.4, -0.2) is 18.2 Å². The lowest BCUT2D eigenvalue weighted by atomic mass is 10.2. The molecule has 14 heavy (non-hydrogen) atoms. The molecular formula is C9H6ClNO2S. The Hall–Kier alpha value is -1.22. The van der Waals surface area contributed by atoms with E-state index in [1.54, 1.807) is 6.07 Å². The molecule has 3 nitrogen and oxygen atoms in total. The average Bonchev–Trinajstić information content (AvgIpc) is 2.17. The van der Waals surface area contributed by atoms with Crippen LogP contribution in [-0.2, 0) is 4.74 Å². The third-order valence-corrected chi connectivity index (χ3v) is 1.86. The van der Waals surface area contributed by atoms with Crippen LogP contribution in [0.4, 0.5) is 5.69 Å². The molecule has 1 rings (SSSR count). The Morgan fingerprint density at radius 3 is 2.93 bits per heavy atom. The first kappa shape index (κ1) is 10.9. The smallest absolute Gasteiger partial charge is 0.340 e.